The van der Waals surface area contributed by atoms with E-state index in [1.165, 1.54) is 89.9 Å². The quantitative estimate of drug-likeness (QED) is 0.0639. The maximum absolute atomic E-state index is 13.5. The Balaban J connectivity index is 2.73. The van der Waals surface area contributed by atoms with Crippen LogP contribution in [-0.4, -0.2) is 24.1 Å². The maximum Gasteiger partial charge on any atom is 0.339 e. The molecule has 0 heterocycles. The van der Waals surface area contributed by atoms with E-state index in [4.69, 9.17) is 9.47 Å². The van der Waals surface area contributed by atoms with Crippen molar-refractivity contribution in [1.29, 1.82) is 0 Å². The summed E-state index contributed by atoms with van der Waals surface area (Å²) >= 11 is 0. The summed E-state index contributed by atoms with van der Waals surface area (Å²) in [6.07, 6.45) is 30.3. The maximum atomic E-state index is 13.5. The van der Waals surface area contributed by atoms with E-state index in [1.54, 1.807) is 12.1 Å². The van der Waals surface area contributed by atoms with Gasteiger partial charge in [-0.25, -0.2) is 9.59 Å². The van der Waals surface area contributed by atoms with Crippen LogP contribution in [0.1, 0.15) is 215 Å². The molecule has 0 spiro atoms. The van der Waals surface area contributed by atoms with E-state index >= 15 is 0 Å². The Kier molecular flexibility index (Phi) is 26.1. The monoisotopic (exact) mass is 615 g/mol. The van der Waals surface area contributed by atoms with Gasteiger partial charge < -0.3 is 9.47 Å². The molecule has 0 bridgehead atoms. The Morgan fingerprint density at radius 3 is 1.00 bits per heavy atom. The average molecular weight is 615 g/mol. The Hall–Kier alpha value is -1.84. The van der Waals surface area contributed by atoms with Crippen molar-refractivity contribution in [3.8, 4) is 0 Å². The SMILES string of the molecule is CCCCCCCCCCC(CCCCC)OC(=O)c1ccccc1C(=O)OC(CCCCC)CCCCCCCCCC. The van der Waals surface area contributed by atoms with Gasteiger partial charge in [-0.05, 0) is 63.5 Å². The van der Waals surface area contributed by atoms with Crippen molar-refractivity contribution in [2.45, 2.75) is 207 Å². The van der Waals surface area contributed by atoms with Crippen LogP contribution < -0.4 is 0 Å². The van der Waals surface area contributed by atoms with Gasteiger partial charge >= 0.3 is 11.9 Å². The molecule has 1 rings (SSSR count). The van der Waals surface area contributed by atoms with E-state index in [9.17, 15) is 9.59 Å². The summed E-state index contributed by atoms with van der Waals surface area (Å²) in [7, 11) is 0. The van der Waals surface area contributed by atoms with Crippen molar-refractivity contribution in [2.75, 3.05) is 0 Å². The third kappa shape index (κ3) is 20.2. The first-order chi connectivity index (χ1) is 21.6. The van der Waals surface area contributed by atoms with Gasteiger partial charge in [-0.3, -0.25) is 0 Å². The number of esters is 2. The third-order valence-electron chi connectivity index (χ3n) is 8.93. The molecule has 0 amide bonds. The smallest absolute Gasteiger partial charge is 0.339 e. The van der Waals surface area contributed by atoms with Gasteiger partial charge in [0.2, 0.25) is 0 Å². The summed E-state index contributed by atoms with van der Waals surface area (Å²) in [5.41, 5.74) is 0.682. The van der Waals surface area contributed by atoms with E-state index in [-0.39, 0.29) is 24.1 Å². The standard InChI is InChI=1S/C40H70O4/c1-5-9-13-15-17-19-21-25-31-35(29-23-11-7-3)43-39(41)37-33-27-28-34-38(37)40(42)44-36(30-24-12-8-4)32-26-22-20-18-16-14-10-6-2/h27-28,33-36H,5-26,29-32H2,1-4H3. The van der Waals surface area contributed by atoms with Crippen LogP contribution in [0.25, 0.3) is 0 Å². The van der Waals surface area contributed by atoms with E-state index < -0.39 is 0 Å². The molecule has 0 radical (unpaired) electrons. The fourth-order valence-corrected chi connectivity index (χ4v) is 6.05. The molecule has 0 fully saturated rings. The molecular weight excluding hydrogens is 544 g/mol. The van der Waals surface area contributed by atoms with Gasteiger partial charge in [0.25, 0.3) is 0 Å². The number of benzene rings is 1. The van der Waals surface area contributed by atoms with E-state index in [1.807, 2.05) is 12.1 Å². The first-order valence-electron chi connectivity index (χ1n) is 19.1. The van der Waals surface area contributed by atoms with Crippen molar-refractivity contribution in [3.05, 3.63) is 35.4 Å². The van der Waals surface area contributed by atoms with E-state index in [0.29, 0.717) is 11.1 Å². The summed E-state index contributed by atoms with van der Waals surface area (Å²) < 4.78 is 12.2. The highest BCUT2D eigenvalue weighted by atomic mass is 16.5. The predicted octanol–water partition coefficient (Wildman–Crippen LogP) is 13.0. The number of rotatable bonds is 30. The van der Waals surface area contributed by atoms with Crippen LogP contribution in [0.4, 0.5) is 0 Å². The minimum absolute atomic E-state index is 0.0954. The van der Waals surface area contributed by atoms with Crippen LogP contribution in [0.15, 0.2) is 24.3 Å². The molecule has 2 atom stereocenters. The minimum Gasteiger partial charge on any atom is -0.459 e. The Bertz CT molecular complexity index is 752. The largest absolute Gasteiger partial charge is 0.459 e. The molecule has 1 aromatic carbocycles. The van der Waals surface area contributed by atoms with Gasteiger partial charge in [0, 0.05) is 0 Å². The second-order valence-corrected chi connectivity index (χ2v) is 13.1. The topological polar surface area (TPSA) is 52.6 Å². The first kappa shape index (κ1) is 40.2. The molecule has 2 unspecified atom stereocenters. The molecule has 0 saturated carbocycles. The molecule has 4 nitrogen and oxygen atoms in total. The number of ether oxygens (including phenoxy) is 2. The molecule has 0 N–H and O–H groups in total. The molecule has 1 aromatic rings. The molecule has 4 heteroatoms. The lowest BCUT2D eigenvalue weighted by Crippen LogP contribution is -2.23. The fraction of sp³-hybridized carbons (Fsp3) is 0.800. The van der Waals surface area contributed by atoms with E-state index in [0.717, 1.165) is 77.0 Å². The van der Waals surface area contributed by atoms with Crippen LogP contribution in [-0.2, 0) is 9.47 Å². The number of carbonyl (C=O) groups is 2. The minimum atomic E-state index is -0.385. The third-order valence-corrected chi connectivity index (χ3v) is 8.93. The van der Waals surface area contributed by atoms with Crippen molar-refractivity contribution in [3.63, 3.8) is 0 Å². The first-order valence-corrected chi connectivity index (χ1v) is 19.1. The highest BCUT2D eigenvalue weighted by molar-refractivity contribution is 6.03. The summed E-state index contributed by atoms with van der Waals surface area (Å²) in [6, 6.07) is 7.08. The summed E-state index contributed by atoms with van der Waals surface area (Å²) in [4.78, 5) is 26.9. The van der Waals surface area contributed by atoms with Gasteiger partial charge in [-0.15, -0.1) is 0 Å². The van der Waals surface area contributed by atoms with Gasteiger partial charge in [0.05, 0.1) is 11.1 Å². The van der Waals surface area contributed by atoms with Crippen LogP contribution in [0, 0.1) is 0 Å². The van der Waals surface area contributed by atoms with Crippen molar-refractivity contribution in [1.82, 2.24) is 0 Å². The highest BCUT2D eigenvalue weighted by Crippen LogP contribution is 2.22. The fourth-order valence-electron chi connectivity index (χ4n) is 6.05. The number of hydrogen-bond donors (Lipinski definition) is 0. The molecule has 44 heavy (non-hydrogen) atoms. The van der Waals surface area contributed by atoms with Crippen LogP contribution in [0.5, 0.6) is 0 Å². The molecule has 0 aliphatic rings. The Morgan fingerprint density at radius 1 is 0.432 bits per heavy atom. The number of hydrogen-bond acceptors (Lipinski definition) is 4. The lowest BCUT2D eigenvalue weighted by atomic mass is 10.0. The lowest BCUT2D eigenvalue weighted by Gasteiger charge is -2.20. The van der Waals surface area contributed by atoms with Crippen LogP contribution >= 0.6 is 0 Å². The van der Waals surface area contributed by atoms with Gasteiger partial charge in [-0.1, -0.05) is 155 Å². The predicted molar refractivity (Wildman–Crippen MR) is 188 cm³/mol. The van der Waals surface area contributed by atoms with Crippen LogP contribution in [0.3, 0.4) is 0 Å². The molecule has 0 aliphatic heterocycles. The number of carbonyl (C=O) groups excluding carboxylic acids is 2. The van der Waals surface area contributed by atoms with Crippen LogP contribution in [0.2, 0.25) is 0 Å². The lowest BCUT2D eigenvalue weighted by molar-refractivity contribution is 0.0201. The average Bonchev–Trinajstić information content (AvgIpc) is 3.03. The molecule has 0 aromatic heterocycles. The highest BCUT2D eigenvalue weighted by Gasteiger charge is 2.24. The molecule has 0 saturated heterocycles. The second kappa shape index (κ2) is 28.6. The molecular formula is C40H70O4. The van der Waals surface area contributed by atoms with Gasteiger partial charge in [-0.2, -0.15) is 0 Å². The summed E-state index contributed by atoms with van der Waals surface area (Å²) in [5.74, 6) is -0.770. The van der Waals surface area contributed by atoms with Crippen molar-refractivity contribution < 1.29 is 19.1 Å². The van der Waals surface area contributed by atoms with E-state index in [2.05, 4.69) is 27.7 Å². The molecule has 0 aliphatic carbocycles. The van der Waals surface area contributed by atoms with Crippen molar-refractivity contribution >= 4 is 11.9 Å². The second-order valence-electron chi connectivity index (χ2n) is 13.1. The zero-order valence-electron chi connectivity index (χ0n) is 29.5. The normalized spacial score (nSPS) is 12.6. The van der Waals surface area contributed by atoms with Gasteiger partial charge in [0.1, 0.15) is 12.2 Å². The summed E-state index contributed by atoms with van der Waals surface area (Å²) in [5, 5.41) is 0. The van der Waals surface area contributed by atoms with Gasteiger partial charge in [0.15, 0.2) is 0 Å². The molecule has 254 valence electrons. The van der Waals surface area contributed by atoms with Crippen molar-refractivity contribution in [2.24, 2.45) is 0 Å². The Labute approximate surface area is 272 Å². The zero-order chi connectivity index (χ0) is 32.1. The number of unbranched alkanes of at least 4 members (excludes halogenated alkanes) is 18. The zero-order valence-corrected chi connectivity index (χ0v) is 29.5. The summed E-state index contributed by atoms with van der Waals surface area (Å²) in [6.45, 7) is 8.91. The Morgan fingerprint density at radius 2 is 0.682 bits per heavy atom.